The maximum atomic E-state index is 12.5. The van der Waals surface area contributed by atoms with Crippen molar-refractivity contribution in [3.05, 3.63) is 30.1 Å². The van der Waals surface area contributed by atoms with Crippen molar-refractivity contribution in [2.24, 2.45) is 5.92 Å². The Morgan fingerprint density at radius 3 is 3.00 bits per heavy atom. The van der Waals surface area contributed by atoms with Gasteiger partial charge in [-0.3, -0.25) is 9.78 Å². The van der Waals surface area contributed by atoms with E-state index in [2.05, 4.69) is 24.1 Å². The van der Waals surface area contributed by atoms with E-state index in [4.69, 9.17) is 0 Å². The summed E-state index contributed by atoms with van der Waals surface area (Å²) < 4.78 is 0. The van der Waals surface area contributed by atoms with Crippen LogP contribution in [-0.2, 0) is 0 Å². The maximum absolute atomic E-state index is 12.5. The van der Waals surface area contributed by atoms with Gasteiger partial charge in [-0.2, -0.15) is 0 Å². The number of aromatic nitrogens is 1. The quantitative estimate of drug-likeness (QED) is 0.881. The summed E-state index contributed by atoms with van der Waals surface area (Å²) in [6.07, 6.45) is 5.72. The fraction of sp³-hybridized carbons (Fsp3) is 0.600. The van der Waals surface area contributed by atoms with Crippen LogP contribution in [0.1, 0.15) is 37.0 Å². The van der Waals surface area contributed by atoms with Gasteiger partial charge in [0, 0.05) is 31.5 Å². The van der Waals surface area contributed by atoms with Gasteiger partial charge in [0.2, 0.25) is 0 Å². The SMILES string of the molecule is CC(C)CN(CC1CCCN1)C(=O)c1cccnc1. The molecule has 1 aliphatic heterocycles. The van der Waals surface area contributed by atoms with Crippen LogP contribution in [-0.4, -0.2) is 41.5 Å². The normalized spacial score (nSPS) is 18.8. The lowest BCUT2D eigenvalue weighted by molar-refractivity contribution is 0.0721. The second-order valence-corrected chi connectivity index (χ2v) is 5.64. The van der Waals surface area contributed by atoms with Gasteiger partial charge < -0.3 is 10.2 Å². The highest BCUT2D eigenvalue weighted by molar-refractivity contribution is 5.93. The van der Waals surface area contributed by atoms with Crippen molar-refractivity contribution in [1.29, 1.82) is 0 Å². The molecule has 1 N–H and O–H groups in total. The monoisotopic (exact) mass is 261 g/mol. The molecule has 1 aliphatic rings. The van der Waals surface area contributed by atoms with Crippen LogP contribution in [0, 0.1) is 5.92 Å². The summed E-state index contributed by atoms with van der Waals surface area (Å²) in [5.41, 5.74) is 0.682. The zero-order valence-electron chi connectivity index (χ0n) is 11.8. The van der Waals surface area contributed by atoms with Crippen molar-refractivity contribution < 1.29 is 4.79 Å². The van der Waals surface area contributed by atoms with Gasteiger partial charge in [-0.15, -0.1) is 0 Å². The number of nitrogens with zero attached hydrogens (tertiary/aromatic N) is 2. The van der Waals surface area contributed by atoms with Crippen molar-refractivity contribution in [2.75, 3.05) is 19.6 Å². The molecule has 0 spiro atoms. The number of pyridine rings is 1. The molecule has 1 aromatic rings. The molecule has 4 nitrogen and oxygen atoms in total. The molecule has 0 bridgehead atoms. The minimum atomic E-state index is 0.0931. The second kappa shape index (κ2) is 6.66. The lowest BCUT2D eigenvalue weighted by Crippen LogP contribution is -2.42. The van der Waals surface area contributed by atoms with Crippen molar-refractivity contribution in [2.45, 2.75) is 32.7 Å². The average molecular weight is 261 g/mol. The number of rotatable bonds is 5. The Morgan fingerprint density at radius 2 is 2.42 bits per heavy atom. The largest absolute Gasteiger partial charge is 0.337 e. The predicted octanol–water partition coefficient (Wildman–Crippen LogP) is 1.93. The Kier molecular flexibility index (Phi) is 4.91. The van der Waals surface area contributed by atoms with Gasteiger partial charge in [0.1, 0.15) is 0 Å². The lowest BCUT2D eigenvalue weighted by Gasteiger charge is -2.27. The van der Waals surface area contributed by atoms with E-state index >= 15 is 0 Å². The van der Waals surface area contributed by atoms with E-state index in [1.807, 2.05) is 17.0 Å². The van der Waals surface area contributed by atoms with Crippen LogP contribution >= 0.6 is 0 Å². The summed E-state index contributed by atoms with van der Waals surface area (Å²) in [5, 5.41) is 3.46. The van der Waals surface area contributed by atoms with Gasteiger partial charge in [-0.05, 0) is 37.4 Å². The van der Waals surface area contributed by atoms with Gasteiger partial charge in [0.25, 0.3) is 5.91 Å². The van der Waals surface area contributed by atoms with Crippen molar-refractivity contribution >= 4 is 5.91 Å². The molecular formula is C15H23N3O. The van der Waals surface area contributed by atoms with Crippen LogP contribution in [0.15, 0.2) is 24.5 Å². The van der Waals surface area contributed by atoms with Gasteiger partial charge in [0.05, 0.1) is 5.56 Å². The number of hydrogen-bond acceptors (Lipinski definition) is 3. The zero-order chi connectivity index (χ0) is 13.7. The molecule has 19 heavy (non-hydrogen) atoms. The smallest absolute Gasteiger partial charge is 0.255 e. The highest BCUT2D eigenvalue weighted by Crippen LogP contribution is 2.12. The number of hydrogen-bond donors (Lipinski definition) is 1. The molecule has 1 unspecified atom stereocenters. The summed E-state index contributed by atoms with van der Waals surface area (Å²) in [6.45, 7) is 6.95. The van der Waals surface area contributed by atoms with Crippen LogP contribution in [0.2, 0.25) is 0 Å². The lowest BCUT2D eigenvalue weighted by atomic mass is 10.1. The standard InChI is InChI=1S/C15H23N3O/c1-12(2)10-18(11-14-6-4-8-17-14)15(19)13-5-3-7-16-9-13/h3,5,7,9,12,14,17H,4,6,8,10-11H2,1-2H3. The number of nitrogens with one attached hydrogen (secondary N) is 1. The Balaban J connectivity index is 2.05. The molecule has 0 aliphatic carbocycles. The van der Waals surface area contributed by atoms with E-state index in [1.165, 1.54) is 6.42 Å². The second-order valence-electron chi connectivity index (χ2n) is 5.64. The first-order valence-corrected chi connectivity index (χ1v) is 7.09. The van der Waals surface area contributed by atoms with E-state index in [9.17, 15) is 4.79 Å². The maximum Gasteiger partial charge on any atom is 0.255 e. The molecular weight excluding hydrogens is 238 g/mol. The third-order valence-corrected chi connectivity index (χ3v) is 3.38. The van der Waals surface area contributed by atoms with Gasteiger partial charge in [0.15, 0.2) is 0 Å². The van der Waals surface area contributed by atoms with Crippen LogP contribution in [0.5, 0.6) is 0 Å². The third kappa shape index (κ3) is 4.03. The predicted molar refractivity (Wildman–Crippen MR) is 76.0 cm³/mol. The molecule has 1 aromatic heterocycles. The third-order valence-electron chi connectivity index (χ3n) is 3.38. The molecule has 2 heterocycles. The summed E-state index contributed by atoms with van der Waals surface area (Å²) in [4.78, 5) is 18.5. The summed E-state index contributed by atoms with van der Waals surface area (Å²) in [5.74, 6) is 0.567. The van der Waals surface area contributed by atoms with Crippen LogP contribution in [0.25, 0.3) is 0 Å². The van der Waals surface area contributed by atoms with Gasteiger partial charge in [-0.1, -0.05) is 13.8 Å². The van der Waals surface area contributed by atoms with E-state index in [0.717, 1.165) is 26.1 Å². The Bertz CT molecular complexity index is 399. The molecule has 1 amide bonds. The van der Waals surface area contributed by atoms with Crippen LogP contribution < -0.4 is 5.32 Å². The fourth-order valence-electron chi connectivity index (χ4n) is 2.53. The van der Waals surface area contributed by atoms with Gasteiger partial charge >= 0.3 is 0 Å². The molecule has 1 fully saturated rings. The number of carbonyl (C=O) groups excluding carboxylic acids is 1. The number of amides is 1. The van der Waals surface area contributed by atoms with Gasteiger partial charge in [-0.25, -0.2) is 0 Å². The summed E-state index contributed by atoms with van der Waals surface area (Å²) in [7, 11) is 0. The molecule has 104 valence electrons. The van der Waals surface area contributed by atoms with Crippen molar-refractivity contribution in [3.63, 3.8) is 0 Å². The first kappa shape index (κ1) is 14.0. The topological polar surface area (TPSA) is 45.2 Å². The minimum Gasteiger partial charge on any atom is -0.337 e. The van der Waals surface area contributed by atoms with E-state index in [-0.39, 0.29) is 5.91 Å². The molecule has 1 atom stereocenters. The molecule has 0 aromatic carbocycles. The van der Waals surface area contributed by atoms with E-state index in [1.54, 1.807) is 12.4 Å². The van der Waals surface area contributed by atoms with Crippen molar-refractivity contribution in [1.82, 2.24) is 15.2 Å². The highest BCUT2D eigenvalue weighted by atomic mass is 16.2. The molecule has 1 saturated heterocycles. The highest BCUT2D eigenvalue weighted by Gasteiger charge is 2.23. The average Bonchev–Trinajstić information content (AvgIpc) is 2.90. The first-order chi connectivity index (χ1) is 9.16. The minimum absolute atomic E-state index is 0.0931. The van der Waals surface area contributed by atoms with E-state index < -0.39 is 0 Å². The molecule has 4 heteroatoms. The molecule has 2 rings (SSSR count). The van der Waals surface area contributed by atoms with E-state index in [0.29, 0.717) is 17.5 Å². The molecule has 0 saturated carbocycles. The fourth-order valence-corrected chi connectivity index (χ4v) is 2.53. The van der Waals surface area contributed by atoms with Crippen molar-refractivity contribution in [3.8, 4) is 0 Å². The Labute approximate surface area is 115 Å². The summed E-state index contributed by atoms with van der Waals surface area (Å²) >= 11 is 0. The number of carbonyl (C=O) groups is 1. The van der Waals surface area contributed by atoms with Crippen LogP contribution in [0.3, 0.4) is 0 Å². The zero-order valence-corrected chi connectivity index (χ0v) is 11.8. The first-order valence-electron chi connectivity index (χ1n) is 7.09. The summed E-state index contributed by atoms with van der Waals surface area (Å²) in [6, 6.07) is 4.10. The Hall–Kier alpha value is -1.42. The van der Waals surface area contributed by atoms with Crippen LogP contribution in [0.4, 0.5) is 0 Å². The molecule has 0 radical (unpaired) electrons. The Morgan fingerprint density at radius 1 is 1.58 bits per heavy atom.